The van der Waals surface area contributed by atoms with E-state index < -0.39 is 0 Å². The second kappa shape index (κ2) is 5.75. The number of hydrogen-bond donors (Lipinski definition) is 1. The van der Waals surface area contributed by atoms with E-state index in [-0.39, 0.29) is 18.5 Å². The van der Waals surface area contributed by atoms with E-state index in [4.69, 9.17) is 10.1 Å². The molecule has 0 fully saturated rings. The first-order valence-electron chi connectivity index (χ1n) is 4.32. The molecule has 0 saturated carbocycles. The van der Waals surface area contributed by atoms with Gasteiger partial charge in [0.2, 0.25) is 0 Å². The molecule has 0 bridgehead atoms. The molecule has 1 N–H and O–H groups in total. The van der Waals surface area contributed by atoms with Crippen molar-refractivity contribution in [3.05, 3.63) is 0 Å². The summed E-state index contributed by atoms with van der Waals surface area (Å²) in [6.45, 7) is 5.60. The molecule has 3 heteroatoms. The van der Waals surface area contributed by atoms with Crippen LogP contribution in [0.2, 0.25) is 0 Å². The Morgan fingerprint density at radius 1 is 1.50 bits per heavy atom. The van der Waals surface area contributed by atoms with Gasteiger partial charge in [0.25, 0.3) is 0 Å². The van der Waals surface area contributed by atoms with Crippen LogP contribution >= 0.6 is 0 Å². The molecule has 0 unspecified atom stereocenters. The van der Waals surface area contributed by atoms with E-state index in [1.54, 1.807) is 13.8 Å². The monoisotopic (exact) mass is 171 g/mol. The molecule has 0 rings (SSSR count). The molecule has 0 aromatic carbocycles. The van der Waals surface area contributed by atoms with Crippen molar-refractivity contribution in [2.75, 3.05) is 0 Å². The van der Waals surface area contributed by atoms with Gasteiger partial charge in [0.15, 0.2) is 0 Å². The Balaban J connectivity index is 3.62. The molecule has 12 heavy (non-hydrogen) atoms. The number of hydrogen-bond acceptors (Lipinski definition) is 3. The van der Waals surface area contributed by atoms with Crippen molar-refractivity contribution in [3.63, 3.8) is 0 Å². The fraction of sp³-hybridized carbons (Fsp3) is 0.778. The fourth-order valence-corrected chi connectivity index (χ4v) is 0.869. The number of carbonyl (C=O) groups excluding carboxylic acids is 1. The third kappa shape index (κ3) is 5.89. The van der Waals surface area contributed by atoms with Crippen molar-refractivity contribution in [3.8, 4) is 0 Å². The molecule has 0 amide bonds. The Morgan fingerprint density at radius 2 is 2.08 bits per heavy atom. The minimum absolute atomic E-state index is 0.0769. The summed E-state index contributed by atoms with van der Waals surface area (Å²) in [5, 5.41) is 7.36. The second-order valence-corrected chi connectivity index (χ2v) is 3.07. The molecule has 0 atom stereocenters. The molecule has 3 nitrogen and oxygen atoms in total. The minimum atomic E-state index is -0.288. The zero-order chi connectivity index (χ0) is 9.56. The standard InChI is InChI=1S/C9H17NO2/c1-4-5-8(10)6-9(11)12-7(2)3/h7,10H,4-6H2,1-3H3. The molecule has 0 aromatic heterocycles. The van der Waals surface area contributed by atoms with Crippen LogP contribution in [-0.4, -0.2) is 17.8 Å². The van der Waals surface area contributed by atoms with Gasteiger partial charge in [-0.1, -0.05) is 13.3 Å². The molecule has 70 valence electrons. The van der Waals surface area contributed by atoms with Crippen LogP contribution < -0.4 is 0 Å². The van der Waals surface area contributed by atoms with E-state index in [1.165, 1.54) is 0 Å². The van der Waals surface area contributed by atoms with E-state index in [0.29, 0.717) is 12.1 Å². The normalized spacial score (nSPS) is 10.0. The maximum Gasteiger partial charge on any atom is 0.311 e. The van der Waals surface area contributed by atoms with Crippen molar-refractivity contribution in [1.29, 1.82) is 5.41 Å². The van der Waals surface area contributed by atoms with Crippen LogP contribution in [0.15, 0.2) is 0 Å². The average Bonchev–Trinajstić information content (AvgIpc) is 1.84. The van der Waals surface area contributed by atoms with Gasteiger partial charge in [0.05, 0.1) is 12.5 Å². The molecule has 0 radical (unpaired) electrons. The lowest BCUT2D eigenvalue weighted by atomic mass is 10.2. The number of esters is 1. The lowest BCUT2D eigenvalue weighted by Gasteiger charge is -2.07. The maximum absolute atomic E-state index is 11.0. The van der Waals surface area contributed by atoms with E-state index in [1.807, 2.05) is 6.92 Å². The van der Waals surface area contributed by atoms with Crippen molar-refractivity contribution in [2.24, 2.45) is 0 Å². The highest BCUT2D eigenvalue weighted by molar-refractivity contribution is 5.97. The van der Waals surface area contributed by atoms with Gasteiger partial charge in [0.1, 0.15) is 0 Å². The average molecular weight is 171 g/mol. The van der Waals surface area contributed by atoms with Gasteiger partial charge >= 0.3 is 5.97 Å². The third-order valence-electron chi connectivity index (χ3n) is 1.28. The van der Waals surface area contributed by atoms with Crippen LogP contribution in [0.1, 0.15) is 40.0 Å². The fourth-order valence-electron chi connectivity index (χ4n) is 0.869. The highest BCUT2D eigenvalue weighted by Crippen LogP contribution is 1.99. The molecule has 0 heterocycles. The Bertz CT molecular complexity index is 164. The molecule has 0 aliphatic heterocycles. The summed E-state index contributed by atoms with van der Waals surface area (Å²) in [5.41, 5.74) is 0.461. The van der Waals surface area contributed by atoms with E-state index >= 15 is 0 Å². The highest BCUT2D eigenvalue weighted by atomic mass is 16.5. The zero-order valence-corrected chi connectivity index (χ0v) is 8.02. The van der Waals surface area contributed by atoms with Gasteiger partial charge in [-0.3, -0.25) is 4.79 Å². The summed E-state index contributed by atoms with van der Waals surface area (Å²) in [5.74, 6) is -0.288. The first-order valence-corrected chi connectivity index (χ1v) is 4.32. The van der Waals surface area contributed by atoms with Gasteiger partial charge in [-0.15, -0.1) is 0 Å². The molecule has 0 saturated heterocycles. The third-order valence-corrected chi connectivity index (χ3v) is 1.28. The molecule has 0 aromatic rings. The number of carbonyl (C=O) groups is 1. The quantitative estimate of drug-likeness (QED) is 0.509. The van der Waals surface area contributed by atoms with Crippen LogP contribution in [0.25, 0.3) is 0 Å². The summed E-state index contributed by atoms with van der Waals surface area (Å²) in [6, 6.07) is 0. The van der Waals surface area contributed by atoms with Crippen molar-refractivity contribution < 1.29 is 9.53 Å². The van der Waals surface area contributed by atoms with E-state index in [9.17, 15) is 4.79 Å². The predicted molar refractivity (Wildman–Crippen MR) is 48.5 cm³/mol. The Labute approximate surface area is 73.6 Å². The molecule has 0 aliphatic rings. The predicted octanol–water partition coefficient (Wildman–Crippen LogP) is 2.15. The summed E-state index contributed by atoms with van der Waals surface area (Å²) >= 11 is 0. The van der Waals surface area contributed by atoms with Crippen LogP contribution in [0.5, 0.6) is 0 Å². The topological polar surface area (TPSA) is 50.2 Å². The summed E-state index contributed by atoms with van der Waals surface area (Å²) in [6.07, 6.45) is 1.67. The largest absolute Gasteiger partial charge is 0.463 e. The summed E-state index contributed by atoms with van der Waals surface area (Å²) in [4.78, 5) is 11.0. The van der Waals surface area contributed by atoms with E-state index in [0.717, 1.165) is 6.42 Å². The lowest BCUT2D eigenvalue weighted by Crippen LogP contribution is -2.14. The summed E-state index contributed by atoms with van der Waals surface area (Å²) in [7, 11) is 0. The van der Waals surface area contributed by atoms with Crippen molar-refractivity contribution in [1.82, 2.24) is 0 Å². The number of nitrogens with one attached hydrogen (secondary N) is 1. The molecule has 0 spiro atoms. The minimum Gasteiger partial charge on any atom is -0.463 e. The molecule has 0 aliphatic carbocycles. The van der Waals surface area contributed by atoms with Gasteiger partial charge in [-0.05, 0) is 20.3 Å². The smallest absolute Gasteiger partial charge is 0.311 e. The van der Waals surface area contributed by atoms with Crippen LogP contribution in [0, 0.1) is 5.41 Å². The van der Waals surface area contributed by atoms with Crippen LogP contribution in [0.4, 0.5) is 0 Å². The number of ether oxygens (including phenoxy) is 1. The molecular formula is C9H17NO2. The van der Waals surface area contributed by atoms with Gasteiger partial charge in [-0.25, -0.2) is 0 Å². The highest BCUT2D eigenvalue weighted by Gasteiger charge is 2.07. The van der Waals surface area contributed by atoms with Gasteiger partial charge < -0.3 is 10.1 Å². The molecular weight excluding hydrogens is 154 g/mol. The lowest BCUT2D eigenvalue weighted by molar-refractivity contribution is -0.145. The van der Waals surface area contributed by atoms with Gasteiger partial charge in [0, 0.05) is 5.71 Å². The summed E-state index contributed by atoms with van der Waals surface area (Å²) < 4.78 is 4.89. The zero-order valence-electron chi connectivity index (χ0n) is 8.02. The van der Waals surface area contributed by atoms with Crippen molar-refractivity contribution in [2.45, 2.75) is 46.1 Å². The van der Waals surface area contributed by atoms with Crippen LogP contribution in [0.3, 0.4) is 0 Å². The number of rotatable bonds is 5. The van der Waals surface area contributed by atoms with Crippen molar-refractivity contribution >= 4 is 11.7 Å². The Kier molecular flexibility index (Phi) is 5.34. The second-order valence-electron chi connectivity index (χ2n) is 3.07. The van der Waals surface area contributed by atoms with E-state index in [2.05, 4.69) is 0 Å². The first-order chi connectivity index (χ1) is 5.56. The first kappa shape index (κ1) is 11.1. The van der Waals surface area contributed by atoms with Gasteiger partial charge in [-0.2, -0.15) is 0 Å². The SMILES string of the molecule is CCCC(=N)CC(=O)OC(C)C. The maximum atomic E-state index is 11.0. The Hall–Kier alpha value is -0.860. The van der Waals surface area contributed by atoms with Crippen LogP contribution in [-0.2, 0) is 9.53 Å². The Morgan fingerprint density at radius 3 is 2.50 bits per heavy atom.